The van der Waals surface area contributed by atoms with Crippen molar-refractivity contribution < 1.29 is 4.74 Å². The van der Waals surface area contributed by atoms with Gasteiger partial charge in [0.05, 0.1) is 27.1 Å². The van der Waals surface area contributed by atoms with Crippen LogP contribution in [-0.2, 0) is 0 Å². The second kappa shape index (κ2) is 7.62. The smallest absolute Gasteiger partial charge is 0.139 e. The predicted molar refractivity (Wildman–Crippen MR) is 100 cm³/mol. The summed E-state index contributed by atoms with van der Waals surface area (Å²) in [5, 5.41) is 5.84. The van der Waals surface area contributed by atoms with Gasteiger partial charge in [-0.3, -0.25) is 0 Å². The molecule has 1 heterocycles. The summed E-state index contributed by atoms with van der Waals surface area (Å²) in [4.78, 5) is 8.44. The molecular formula is C16H11Cl4N3O. The van der Waals surface area contributed by atoms with Crippen molar-refractivity contribution in [3.63, 3.8) is 0 Å². The summed E-state index contributed by atoms with van der Waals surface area (Å²) < 4.78 is 5.62. The molecule has 0 bridgehead atoms. The van der Waals surface area contributed by atoms with Crippen LogP contribution in [-0.4, -0.2) is 23.1 Å². The molecule has 24 heavy (non-hydrogen) atoms. The Morgan fingerprint density at radius 2 is 1.71 bits per heavy atom. The maximum Gasteiger partial charge on any atom is 0.139 e. The Morgan fingerprint density at radius 3 is 2.54 bits per heavy atom. The van der Waals surface area contributed by atoms with E-state index in [9.17, 15) is 0 Å². The Bertz CT molecular complexity index is 889. The number of fused-ring (bicyclic) bond motifs is 1. The number of nitrogens with zero attached hydrogens (tertiary/aromatic N) is 2. The summed E-state index contributed by atoms with van der Waals surface area (Å²) in [5.41, 5.74) is 0.811. The van der Waals surface area contributed by atoms with Gasteiger partial charge in [-0.15, -0.1) is 0 Å². The molecule has 1 aromatic heterocycles. The fourth-order valence-electron chi connectivity index (χ4n) is 2.12. The lowest BCUT2D eigenvalue weighted by atomic mass is 10.2. The summed E-state index contributed by atoms with van der Waals surface area (Å²) in [6, 6.07) is 8.59. The van der Waals surface area contributed by atoms with Crippen LogP contribution < -0.4 is 10.1 Å². The molecule has 0 saturated carbocycles. The molecule has 1 N–H and O–H groups in total. The van der Waals surface area contributed by atoms with Crippen LogP contribution in [0.2, 0.25) is 20.1 Å². The van der Waals surface area contributed by atoms with Crippen LogP contribution in [0.1, 0.15) is 0 Å². The minimum absolute atomic E-state index is 0.365. The lowest BCUT2D eigenvalue weighted by molar-refractivity contribution is 0.333. The van der Waals surface area contributed by atoms with E-state index in [2.05, 4.69) is 15.3 Å². The second-order valence-corrected chi connectivity index (χ2v) is 6.51. The second-order valence-electron chi connectivity index (χ2n) is 4.86. The van der Waals surface area contributed by atoms with E-state index in [0.717, 1.165) is 10.9 Å². The Morgan fingerprint density at radius 1 is 0.917 bits per heavy atom. The van der Waals surface area contributed by atoms with Crippen molar-refractivity contribution in [2.45, 2.75) is 0 Å². The Balaban J connectivity index is 1.65. The van der Waals surface area contributed by atoms with Crippen molar-refractivity contribution in [3.05, 3.63) is 56.7 Å². The molecule has 4 nitrogen and oxygen atoms in total. The Labute approximate surface area is 158 Å². The summed E-state index contributed by atoms with van der Waals surface area (Å²) in [6.07, 6.45) is 1.50. The minimum atomic E-state index is 0.365. The molecule has 0 fully saturated rings. The first-order valence-electron chi connectivity index (χ1n) is 6.96. The van der Waals surface area contributed by atoms with Crippen LogP contribution in [0, 0.1) is 0 Å². The van der Waals surface area contributed by atoms with E-state index in [4.69, 9.17) is 51.1 Å². The molecule has 3 aromatic rings. The predicted octanol–water partition coefficient (Wildman–Crippen LogP) is 5.73. The average Bonchev–Trinajstić information content (AvgIpc) is 2.56. The molecule has 2 aromatic carbocycles. The van der Waals surface area contributed by atoms with E-state index in [0.29, 0.717) is 44.8 Å². The fourth-order valence-corrected chi connectivity index (χ4v) is 2.88. The molecule has 0 aliphatic rings. The van der Waals surface area contributed by atoms with Gasteiger partial charge in [0.1, 0.15) is 24.5 Å². The van der Waals surface area contributed by atoms with Gasteiger partial charge in [0.15, 0.2) is 0 Å². The number of hydrogen-bond acceptors (Lipinski definition) is 4. The van der Waals surface area contributed by atoms with Gasteiger partial charge in [-0.25, -0.2) is 9.97 Å². The largest absolute Gasteiger partial charge is 0.490 e. The first-order chi connectivity index (χ1) is 11.5. The lowest BCUT2D eigenvalue weighted by Gasteiger charge is -2.11. The molecule has 0 amide bonds. The number of ether oxygens (including phenoxy) is 1. The van der Waals surface area contributed by atoms with Crippen molar-refractivity contribution in [1.82, 2.24) is 9.97 Å². The maximum atomic E-state index is 6.07. The molecule has 8 heteroatoms. The van der Waals surface area contributed by atoms with Crippen molar-refractivity contribution in [1.29, 1.82) is 0 Å². The third kappa shape index (κ3) is 3.95. The molecule has 0 saturated heterocycles. The monoisotopic (exact) mass is 401 g/mol. The van der Waals surface area contributed by atoms with Crippen LogP contribution >= 0.6 is 46.4 Å². The van der Waals surface area contributed by atoms with Crippen LogP contribution in [0.25, 0.3) is 10.9 Å². The molecular weight excluding hydrogens is 392 g/mol. The lowest BCUT2D eigenvalue weighted by Crippen LogP contribution is -2.13. The van der Waals surface area contributed by atoms with Crippen LogP contribution in [0.3, 0.4) is 0 Å². The number of hydrogen-bond donors (Lipinski definition) is 1. The van der Waals surface area contributed by atoms with Gasteiger partial charge in [0, 0.05) is 16.5 Å². The van der Waals surface area contributed by atoms with E-state index < -0.39 is 0 Å². The third-order valence-corrected chi connectivity index (χ3v) is 4.48. The highest BCUT2D eigenvalue weighted by Gasteiger charge is 2.08. The van der Waals surface area contributed by atoms with Crippen LogP contribution in [0.5, 0.6) is 5.75 Å². The SMILES string of the molecule is Clc1ccc2ncnc(NCCOc3cc(Cl)c(Cl)cc3Cl)c2c1. The van der Waals surface area contributed by atoms with Gasteiger partial charge in [-0.05, 0) is 24.3 Å². The van der Waals surface area contributed by atoms with Crippen molar-refractivity contribution in [2.75, 3.05) is 18.5 Å². The fraction of sp³-hybridized carbons (Fsp3) is 0.125. The number of nitrogens with one attached hydrogen (secondary N) is 1. The maximum absolute atomic E-state index is 6.07. The summed E-state index contributed by atoms with van der Waals surface area (Å²) >= 11 is 23.9. The van der Waals surface area contributed by atoms with E-state index >= 15 is 0 Å². The number of aromatic nitrogens is 2. The number of rotatable bonds is 5. The average molecular weight is 403 g/mol. The van der Waals surface area contributed by atoms with Gasteiger partial charge in [-0.1, -0.05) is 46.4 Å². The van der Waals surface area contributed by atoms with E-state index in [-0.39, 0.29) is 0 Å². The molecule has 3 rings (SSSR count). The highest BCUT2D eigenvalue weighted by Crippen LogP contribution is 2.33. The van der Waals surface area contributed by atoms with Gasteiger partial charge in [-0.2, -0.15) is 0 Å². The summed E-state index contributed by atoms with van der Waals surface area (Å²) in [7, 11) is 0. The van der Waals surface area contributed by atoms with Gasteiger partial charge < -0.3 is 10.1 Å². The van der Waals surface area contributed by atoms with Crippen molar-refractivity contribution in [2.24, 2.45) is 0 Å². The number of halogens is 4. The normalized spacial score (nSPS) is 10.8. The summed E-state index contributed by atoms with van der Waals surface area (Å²) in [5.74, 6) is 1.16. The zero-order valence-corrected chi connectivity index (χ0v) is 15.2. The van der Waals surface area contributed by atoms with Crippen LogP contribution in [0.4, 0.5) is 5.82 Å². The van der Waals surface area contributed by atoms with E-state index in [1.54, 1.807) is 18.2 Å². The van der Waals surface area contributed by atoms with Crippen molar-refractivity contribution in [3.8, 4) is 5.75 Å². The highest BCUT2D eigenvalue weighted by molar-refractivity contribution is 6.43. The Hall–Kier alpha value is -1.46. The first-order valence-corrected chi connectivity index (χ1v) is 8.47. The molecule has 0 aliphatic carbocycles. The minimum Gasteiger partial charge on any atom is -0.490 e. The molecule has 0 atom stereocenters. The van der Waals surface area contributed by atoms with E-state index in [1.165, 1.54) is 6.33 Å². The van der Waals surface area contributed by atoms with Gasteiger partial charge in [0.25, 0.3) is 0 Å². The third-order valence-electron chi connectivity index (χ3n) is 3.22. The quantitative estimate of drug-likeness (QED) is 0.437. The topological polar surface area (TPSA) is 47.0 Å². The first kappa shape index (κ1) is 17.4. The van der Waals surface area contributed by atoms with Crippen molar-refractivity contribution >= 4 is 63.1 Å². The molecule has 0 spiro atoms. The standard InChI is InChI=1S/C16H11Cl4N3O/c17-9-1-2-14-10(5-9)16(23-8-22-14)21-3-4-24-15-7-12(19)11(18)6-13(15)20/h1-2,5-8H,3-4H2,(H,21,22,23). The van der Waals surface area contributed by atoms with Gasteiger partial charge >= 0.3 is 0 Å². The van der Waals surface area contributed by atoms with Crippen LogP contribution in [0.15, 0.2) is 36.7 Å². The zero-order valence-electron chi connectivity index (χ0n) is 12.2. The molecule has 124 valence electrons. The number of anilines is 1. The summed E-state index contributed by atoms with van der Waals surface area (Å²) in [6.45, 7) is 0.874. The zero-order chi connectivity index (χ0) is 17.1. The number of benzene rings is 2. The molecule has 0 aliphatic heterocycles. The van der Waals surface area contributed by atoms with E-state index in [1.807, 2.05) is 12.1 Å². The molecule has 0 radical (unpaired) electrons. The highest BCUT2D eigenvalue weighted by atomic mass is 35.5. The van der Waals surface area contributed by atoms with Gasteiger partial charge in [0.2, 0.25) is 0 Å². The molecule has 0 unspecified atom stereocenters. The Kier molecular flexibility index (Phi) is 5.51.